The first kappa shape index (κ1) is 56.0. The van der Waals surface area contributed by atoms with Gasteiger partial charge in [-0.25, -0.2) is 9.36 Å². The molecule has 0 bridgehead atoms. The molecule has 2 aliphatic heterocycles. The van der Waals surface area contributed by atoms with Crippen LogP contribution in [0.2, 0.25) is 0 Å². The minimum atomic E-state index is -4.90. The average molecular weight is 905 g/mol. The molecule has 6 atom stereocenters. The molecule has 1 spiro atoms. The molecule has 0 saturated carbocycles. The Morgan fingerprint density at radius 3 is 1.44 bits per heavy atom. The molecule has 0 aromatic heterocycles. The van der Waals surface area contributed by atoms with Gasteiger partial charge in [0.1, 0.15) is 24.9 Å². The number of carbonyl (C=O) groups is 4. The molecule has 2 rings (SSSR count). The topological polar surface area (TPSA) is 216 Å². The second-order valence-corrected chi connectivity index (χ2v) is 18.9. The van der Waals surface area contributed by atoms with E-state index in [4.69, 9.17) is 23.3 Å². The predicted octanol–water partition coefficient (Wildman–Crippen LogP) is 9.75. The first-order valence-electron chi connectivity index (χ1n) is 24.6. The fraction of sp³-hybridized carbons (Fsp3) is 0.913. The number of aliphatic hydroxyl groups is 2. The van der Waals surface area contributed by atoms with Crippen LogP contribution in [0.5, 0.6) is 0 Å². The minimum Gasteiger partial charge on any atom is -0.462 e. The first-order chi connectivity index (χ1) is 29.9. The molecule has 16 heteroatoms. The third-order valence-electron chi connectivity index (χ3n) is 11.8. The summed E-state index contributed by atoms with van der Waals surface area (Å²) < 4.78 is 39.2. The van der Waals surface area contributed by atoms with Crippen LogP contribution < -0.4 is 10.6 Å². The van der Waals surface area contributed by atoms with Crippen LogP contribution in [-0.2, 0) is 42.2 Å². The van der Waals surface area contributed by atoms with E-state index in [1.165, 1.54) is 141 Å². The van der Waals surface area contributed by atoms with Crippen LogP contribution in [0.3, 0.4) is 0 Å². The Hall–Kier alpha value is -2.13. The molecule has 0 aliphatic carbocycles. The lowest BCUT2D eigenvalue weighted by molar-refractivity contribution is -0.161. The lowest BCUT2D eigenvalue weighted by Gasteiger charge is -2.23. The number of imide groups is 1. The molecule has 5 N–H and O–H groups in total. The summed E-state index contributed by atoms with van der Waals surface area (Å²) in [6.45, 7) is 2.63. The van der Waals surface area contributed by atoms with Gasteiger partial charge in [0, 0.05) is 12.8 Å². The van der Waals surface area contributed by atoms with Crippen LogP contribution >= 0.6 is 7.82 Å². The van der Waals surface area contributed by atoms with Gasteiger partial charge in [-0.2, -0.15) is 0 Å². The number of rotatable bonds is 41. The van der Waals surface area contributed by atoms with Gasteiger partial charge in [-0.1, -0.05) is 194 Å². The van der Waals surface area contributed by atoms with E-state index in [1.54, 1.807) is 0 Å². The van der Waals surface area contributed by atoms with Crippen molar-refractivity contribution in [3.8, 4) is 0 Å². The van der Waals surface area contributed by atoms with Gasteiger partial charge in [0.05, 0.1) is 13.2 Å². The van der Waals surface area contributed by atoms with Crippen molar-refractivity contribution in [2.24, 2.45) is 0 Å². The first-order valence-corrected chi connectivity index (χ1v) is 26.1. The number of amides is 3. The second-order valence-electron chi connectivity index (χ2n) is 17.5. The monoisotopic (exact) mass is 905 g/mol. The largest absolute Gasteiger partial charge is 0.472 e. The Labute approximate surface area is 372 Å². The van der Waals surface area contributed by atoms with Gasteiger partial charge in [0.15, 0.2) is 6.10 Å². The molecule has 2 heterocycles. The van der Waals surface area contributed by atoms with Crippen LogP contribution in [-0.4, -0.2) is 88.9 Å². The van der Waals surface area contributed by atoms with E-state index in [0.717, 1.165) is 38.5 Å². The van der Waals surface area contributed by atoms with Crippen LogP contribution in [0.4, 0.5) is 4.79 Å². The Bertz CT molecular complexity index is 1280. The standard InChI is InChI=1S/C46H85N2O13P/c1-3-5-7-9-11-13-15-17-19-21-23-25-27-29-31-33-40(49)57-35-38(60-41(50)34-32-30-28-26-24-22-20-18-16-14-12-10-8-6-4-2)36-58-62(55,56)59-37-39-42(51)43(52)46(61-39)44(53)47-45(54)48-46/h38-39,42-43,51-52H,3-37H2,1-2H3,(H,55,56)(H2,47,48,53,54)/t38-,39-,42-,43-,46+/m1/s1. The van der Waals surface area contributed by atoms with E-state index in [0.29, 0.717) is 12.8 Å². The van der Waals surface area contributed by atoms with E-state index in [9.17, 15) is 38.8 Å². The maximum absolute atomic E-state index is 12.8. The molecule has 2 saturated heterocycles. The van der Waals surface area contributed by atoms with E-state index in [1.807, 2.05) is 5.32 Å². The van der Waals surface area contributed by atoms with Gasteiger partial charge in [0.25, 0.3) is 11.6 Å². The van der Waals surface area contributed by atoms with Gasteiger partial charge in [0.2, 0.25) is 0 Å². The number of urea groups is 1. The molecule has 2 aliphatic rings. The van der Waals surface area contributed by atoms with Crippen molar-refractivity contribution in [1.29, 1.82) is 0 Å². The van der Waals surface area contributed by atoms with Crippen LogP contribution in [0, 0.1) is 0 Å². The summed E-state index contributed by atoms with van der Waals surface area (Å²) in [5, 5.41) is 24.8. The zero-order valence-electron chi connectivity index (χ0n) is 38.4. The molecule has 15 nitrogen and oxygen atoms in total. The fourth-order valence-electron chi connectivity index (χ4n) is 7.98. The maximum Gasteiger partial charge on any atom is 0.472 e. The van der Waals surface area contributed by atoms with Crippen molar-refractivity contribution in [1.82, 2.24) is 10.6 Å². The summed E-state index contributed by atoms with van der Waals surface area (Å²) in [6.07, 6.45) is 29.9. The Balaban J connectivity index is 1.70. The molecule has 2 fully saturated rings. The third kappa shape index (κ3) is 24.8. The summed E-state index contributed by atoms with van der Waals surface area (Å²) >= 11 is 0. The molecule has 1 unspecified atom stereocenters. The molecule has 0 aromatic carbocycles. The minimum absolute atomic E-state index is 0.125. The fourth-order valence-corrected chi connectivity index (χ4v) is 8.75. The Morgan fingerprint density at radius 2 is 1.03 bits per heavy atom. The van der Waals surface area contributed by atoms with Gasteiger partial charge >= 0.3 is 25.8 Å². The van der Waals surface area contributed by atoms with Crippen molar-refractivity contribution in [3.05, 3.63) is 0 Å². The van der Waals surface area contributed by atoms with Gasteiger partial charge < -0.3 is 29.3 Å². The number of unbranched alkanes of at least 4 members (excludes halogenated alkanes) is 28. The van der Waals surface area contributed by atoms with E-state index in [-0.39, 0.29) is 12.8 Å². The summed E-state index contributed by atoms with van der Waals surface area (Å²) in [7, 11) is -4.90. The highest BCUT2D eigenvalue weighted by Crippen LogP contribution is 2.45. The Kier molecular flexibility index (Phi) is 30.9. The second kappa shape index (κ2) is 34.3. The number of carbonyl (C=O) groups excluding carboxylic acids is 4. The number of hydrogen-bond donors (Lipinski definition) is 5. The molecule has 0 aromatic rings. The highest BCUT2D eigenvalue weighted by atomic mass is 31.2. The lowest BCUT2D eigenvalue weighted by atomic mass is 10.0. The number of phosphoric ester groups is 1. The number of hydrogen-bond acceptors (Lipinski definition) is 12. The zero-order valence-corrected chi connectivity index (χ0v) is 39.3. The number of ether oxygens (including phenoxy) is 3. The predicted molar refractivity (Wildman–Crippen MR) is 238 cm³/mol. The van der Waals surface area contributed by atoms with Crippen molar-refractivity contribution >= 4 is 31.7 Å². The van der Waals surface area contributed by atoms with Gasteiger partial charge in [-0.3, -0.25) is 34.1 Å². The van der Waals surface area contributed by atoms with Crippen LogP contribution in [0.25, 0.3) is 0 Å². The van der Waals surface area contributed by atoms with E-state index >= 15 is 0 Å². The van der Waals surface area contributed by atoms with E-state index < -0.39 is 81.7 Å². The van der Waals surface area contributed by atoms with Crippen molar-refractivity contribution in [2.45, 2.75) is 249 Å². The summed E-state index contributed by atoms with van der Waals surface area (Å²) in [4.78, 5) is 59.7. The summed E-state index contributed by atoms with van der Waals surface area (Å²) in [5.74, 6) is -2.07. The highest BCUT2D eigenvalue weighted by molar-refractivity contribution is 7.47. The number of nitrogens with one attached hydrogen (secondary N) is 2. The van der Waals surface area contributed by atoms with E-state index in [2.05, 4.69) is 19.2 Å². The number of esters is 2. The van der Waals surface area contributed by atoms with Crippen LogP contribution in [0.15, 0.2) is 0 Å². The molecule has 3 amide bonds. The number of aliphatic hydroxyl groups excluding tert-OH is 2. The van der Waals surface area contributed by atoms with Crippen LogP contribution in [0.1, 0.15) is 219 Å². The zero-order chi connectivity index (χ0) is 45.3. The van der Waals surface area contributed by atoms with Gasteiger partial charge in [-0.15, -0.1) is 0 Å². The third-order valence-corrected chi connectivity index (χ3v) is 12.8. The summed E-state index contributed by atoms with van der Waals surface area (Å²) in [5.41, 5.74) is -2.28. The smallest absolute Gasteiger partial charge is 0.462 e. The van der Waals surface area contributed by atoms with Gasteiger partial charge in [-0.05, 0) is 12.8 Å². The molecular weight excluding hydrogens is 819 g/mol. The SMILES string of the molecule is CCCCCCCCCCCCCCCCCC(=O)OC[C@H](COP(=O)(O)OC[C@H]1O[C@@]2(NC(=O)NC2=O)[C@H](O)[C@@H]1O)OC(=O)CCCCCCCCCCCCCCCCC. The maximum atomic E-state index is 12.8. The molecule has 362 valence electrons. The number of phosphoric acid groups is 1. The van der Waals surface area contributed by atoms with Crippen molar-refractivity contribution in [2.75, 3.05) is 19.8 Å². The molecular formula is C46H85N2O13P. The lowest BCUT2D eigenvalue weighted by Crippen LogP contribution is -2.56. The quantitative estimate of drug-likeness (QED) is 0.0167. The van der Waals surface area contributed by atoms with Crippen molar-refractivity contribution in [3.63, 3.8) is 0 Å². The normalized spacial score (nSPS) is 21.2. The van der Waals surface area contributed by atoms with Crippen molar-refractivity contribution < 1.29 is 62.1 Å². The molecule has 0 radical (unpaired) electrons. The average Bonchev–Trinajstić information content (AvgIpc) is 3.67. The Morgan fingerprint density at radius 1 is 0.629 bits per heavy atom. The molecule has 62 heavy (non-hydrogen) atoms. The highest BCUT2D eigenvalue weighted by Gasteiger charge is 2.63. The summed E-state index contributed by atoms with van der Waals surface area (Å²) in [6, 6.07) is -0.949.